The van der Waals surface area contributed by atoms with Crippen LogP contribution in [-0.2, 0) is 6.61 Å². The molecule has 2 rings (SSSR count). The smallest absolute Gasteiger partial charge is 0.213 e. The second kappa shape index (κ2) is 4.73. The minimum atomic E-state index is -0.608. The number of hydrogen-bond acceptors (Lipinski definition) is 5. The molecule has 0 spiro atoms. The number of aromatic nitrogens is 2. The zero-order valence-corrected chi connectivity index (χ0v) is 9.01. The van der Waals surface area contributed by atoms with Gasteiger partial charge in [0.2, 0.25) is 12.2 Å². The van der Waals surface area contributed by atoms with Crippen LogP contribution >= 0.6 is 0 Å². The molecule has 0 unspecified atom stereocenters. The van der Waals surface area contributed by atoms with Gasteiger partial charge >= 0.3 is 0 Å². The van der Waals surface area contributed by atoms with E-state index >= 15 is 0 Å². The number of Topliss-reactive ketones (excluding diaryl/α,β-unsaturated/α-hetero) is 1. The van der Waals surface area contributed by atoms with Gasteiger partial charge in [0.25, 0.3) is 0 Å². The molecular weight excluding hydrogens is 227 g/mol. The number of benzene rings is 1. The first-order valence-corrected chi connectivity index (χ1v) is 4.85. The number of nitrogens with zero attached hydrogens (tertiary/aromatic N) is 2. The Hall–Kier alpha value is -2.24. The maximum Gasteiger partial charge on any atom is 0.213 e. The highest BCUT2D eigenvalue weighted by Gasteiger charge is 2.08. The Morgan fingerprint density at radius 3 is 2.94 bits per heavy atom. The van der Waals surface area contributed by atoms with Crippen molar-refractivity contribution in [3.63, 3.8) is 0 Å². The van der Waals surface area contributed by atoms with E-state index < -0.39 is 5.82 Å². The minimum absolute atomic E-state index is 0.0388. The van der Waals surface area contributed by atoms with Gasteiger partial charge in [0.05, 0.1) is 5.56 Å². The van der Waals surface area contributed by atoms with E-state index in [1.54, 1.807) is 0 Å². The molecular formula is C11H9FN2O3. The molecule has 5 nitrogen and oxygen atoms in total. The van der Waals surface area contributed by atoms with Gasteiger partial charge in [0.15, 0.2) is 12.4 Å². The zero-order valence-electron chi connectivity index (χ0n) is 9.01. The highest BCUT2D eigenvalue weighted by molar-refractivity contribution is 5.94. The van der Waals surface area contributed by atoms with Crippen molar-refractivity contribution < 1.29 is 18.4 Å². The van der Waals surface area contributed by atoms with Crippen molar-refractivity contribution in [3.05, 3.63) is 41.8 Å². The molecule has 1 aromatic heterocycles. The average Bonchev–Trinajstić information content (AvgIpc) is 2.78. The third kappa shape index (κ3) is 2.66. The van der Waals surface area contributed by atoms with Gasteiger partial charge in [-0.2, -0.15) is 4.98 Å². The predicted octanol–water partition coefficient (Wildman–Crippen LogP) is 1.99. The van der Waals surface area contributed by atoms with Crippen LogP contribution in [0.5, 0.6) is 5.75 Å². The molecule has 88 valence electrons. The summed E-state index contributed by atoms with van der Waals surface area (Å²) in [6.45, 7) is 1.38. The molecule has 1 aromatic carbocycles. The van der Waals surface area contributed by atoms with E-state index in [0.29, 0.717) is 11.6 Å². The SMILES string of the molecule is CC(=O)c1ccc(OCc2ncon2)cc1F. The van der Waals surface area contributed by atoms with Crippen LogP contribution in [0.1, 0.15) is 23.1 Å². The monoisotopic (exact) mass is 236 g/mol. The van der Waals surface area contributed by atoms with Gasteiger partial charge < -0.3 is 9.26 Å². The summed E-state index contributed by atoms with van der Waals surface area (Å²) in [6, 6.07) is 4.04. The van der Waals surface area contributed by atoms with Gasteiger partial charge in [0.1, 0.15) is 11.6 Å². The zero-order chi connectivity index (χ0) is 12.3. The first-order chi connectivity index (χ1) is 8.16. The molecule has 17 heavy (non-hydrogen) atoms. The molecule has 0 aliphatic rings. The van der Waals surface area contributed by atoms with E-state index in [9.17, 15) is 9.18 Å². The largest absolute Gasteiger partial charge is 0.485 e. The van der Waals surface area contributed by atoms with Gasteiger partial charge in [0, 0.05) is 6.07 Å². The van der Waals surface area contributed by atoms with E-state index in [4.69, 9.17) is 4.74 Å². The maximum atomic E-state index is 13.4. The Bertz CT molecular complexity index is 526. The third-order valence-electron chi connectivity index (χ3n) is 2.09. The lowest BCUT2D eigenvalue weighted by Crippen LogP contribution is -2.00. The van der Waals surface area contributed by atoms with Crippen LogP contribution in [0.3, 0.4) is 0 Å². The molecule has 0 radical (unpaired) electrons. The summed E-state index contributed by atoms with van der Waals surface area (Å²) >= 11 is 0. The van der Waals surface area contributed by atoms with Gasteiger partial charge in [-0.1, -0.05) is 5.16 Å². The van der Waals surface area contributed by atoms with E-state index in [1.807, 2.05) is 0 Å². The lowest BCUT2D eigenvalue weighted by atomic mass is 10.1. The quantitative estimate of drug-likeness (QED) is 0.759. The Morgan fingerprint density at radius 1 is 1.53 bits per heavy atom. The molecule has 0 saturated carbocycles. The number of carbonyl (C=O) groups is 1. The second-order valence-corrected chi connectivity index (χ2v) is 3.33. The molecule has 2 aromatic rings. The molecule has 0 atom stereocenters. The van der Waals surface area contributed by atoms with Gasteiger partial charge in [-0.15, -0.1) is 0 Å². The van der Waals surface area contributed by atoms with Crippen LogP contribution < -0.4 is 4.74 Å². The van der Waals surface area contributed by atoms with Crippen molar-refractivity contribution >= 4 is 5.78 Å². The molecule has 0 N–H and O–H groups in total. The molecule has 0 aliphatic heterocycles. The Balaban J connectivity index is 2.07. The Kier molecular flexibility index (Phi) is 3.13. The molecule has 0 saturated heterocycles. The number of carbonyl (C=O) groups excluding carboxylic acids is 1. The summed E-state index contributed by atoms with van der Waals surface area (Å²) in [7, 11) is 0. The molecule has 1 heterocycles. The molecule has 0 aliphatic carbocycles. The lowest BCUT2D eigenvalue weighted by molar-refractivity contribution is 0.101. The molecule has 6 heteroatoms. The fraction of sp³-hybridized carbons (Fsp3) is 0.182. The first kappa shape index (κ1) is 11.3. The molecule has 0 bridgehead atoms. The van der Waals surface area contributed by atoms with Gasteiger partial charge in [-0.25, -0.2) is 4.39 Å². The van der Waals surface area contributed by atoms with Crippen LogP contribution in [0, 0.1) is 5.82 Å². The molecule has 0 amide bonds. The predicted molar refractivity (Wildman–Crippen MR) is 55.0 cm³/mol. The van der Waals surface area contributed by atoms with Crippen molar-refractivity contribution in [3.8, 4) is 5.75 Å². The maximum absolute atomic E-state index is 13.4. The number of rotatable bonds is 4. The topological polar surface area (TPSA) is 65.2 Å². The Labute approximate surface area is 96.2 Å². The van der Waals surface area contributed by atoms with Crippen molar-refractivity contribution in [2.75, 3.05) is 0 Å². The fourth-order valence-corrected chi connectivity index (χ4v) is 1.28. The van der Waals surface area contributed by atoms with Crippen LogP contribution in [0.15, 0.2) is 29.1 Å². The van der Waals surface area contributed by atoms with Crippen LogP contribution in [-0.4, -0.2) is 15.9 Å². The normalized spacial score (nSPS) is 10.2. The number of hydrogen-bond donors (Lipinski definition) is 0. The van der Waals surface area contributed by atoms with E-state index in [1.165, 1.54) is 25.5 Å². The summed E-state index contributed by atoms with van der Waals surface area (Å²) in [5.41, 5.74) is 0.0388. The standard InChI is InChI=1S/C11H9FN2O3/c1-7(15)9-3-2-8(4-10(9)12)16-5-11-13-6-17-14-11/h2-4,6H,5H2,1H3. The van der Waals surface area contributed by atoms with Crippen LogP contribution in [0.25, 0.3) is 0 Å². The third-order valence-corrected chi connectivity index (χ3v) is 2.09. The highest BCUT2D eigenvalue weighted by atomic mass is 19.1. The van der Waals surface area contributed by atoms with Gasteiger partial charge in [-0.3, -0.25) is 4.79 Å². The fourth-order valence-electron chi connectivity index (χ4n) is 1.28. The van der Waals surface area contributed by atoms with Crippen molar-refractivity contribution in [1.29, 1.82) is 0 Å². The van der Waals surface area contributed by atoms with Crippen LogP contribution in [0.2, 0.25) is 0 Å². The summed E-state index contributed by atoms with van der Waals surface area (Å²) in [6.07, 6.45) is 1.18. The summed E-state index contributed by atoms with van der Waals surface area (Å²) in [5.74, 6) is -0.270. The summed E-state index contributed by atoms with van der Waals surface area (Å²) < 4.78 is 23.2. The lowest BCUT2D eigenvalue weighted by Gasteiger charge is -2.05. The average molecular weight is 236 g/mol. The molecule has 0 fully saturated rings. The van der Waals surface area contributed by atoms with Crippen molar-refractivity contribution in [2.45, 2.75) is 13.5 Å². The second-order valence-electron chi connectivity index (χ2n) is 3.33. The summed E-state index contributed by atoms with van der Waals surface area (Å²) in [5, 5.41) is 3.54. The van der Waals surface area contributed by atoms with E-state index in [-0.39, 0.29) is 18.0 Å². The number of ketones is 1. The Morgan fingerprint density at radius 2 is 2.35 bits per heavy atom. The minimum Gasteiger partial charge on any atom is -0.485 e. The number of halogens is 1. The van der Waals surface area contributed by atoms with E-state index in [0.717, 1.165) is 6.07 Å². The highest BCUT2D eigenvalue weighted by Crippen LogP contribution is 2.17. The number of ether oxygens (including phenoxy) is 1. The summed E-state index contributed by atoms with van der Waals surface area (Å²) in [4.78, 5) is 14.8. The van der Waals surface area contributed by atoms with Crippen molar-refractivity contribution in [1.82, 2.24) is 10.1 Å². The first-order valence-electron chi connectivity index (χ1n) is 4.85. The van der Waals surface area contributed by atoms with Crippen molar-refractivity contribution in [2.24, 2.45) is 0 Å². The van der Waals surface area contributed by atoms with Crippen LogP contribution in [0.4, 0.5) is 4.39 Å². The van der Waals surface area contributed by atoms with E-state index in [2.05, 4.69) is 14.7 Å². The van der Waals surface area contributed by atoms with Gasteiger partial charge in [-0.05, 0) is 19.1 Å².